The number of rotatable bonds is 3. The lowest BCUT2D eigenvalue weighted by atomic mass is 10.1. The average molecular weight is 297 g/mol. The molecule has 0 radical (unpaired) electrons. The fourth-order valence-electron chi connectivity index (χ4n) is 2.02. The van der Waals surface area contributed by atoms with Crippen LogP contribution in [-0.4, -0.2) is 16.7 Å². The second kappa shape index (κ2) is 5.75. The van der Waals surface area contributed by atoms with Gasteiger partial charge in [0.2, 0.25) is 0 Å². The number of hydrogen-bond acceptors (Lipinski definition) is 4. The molecule has 3 nitrogen and oxygen atoms in total. The van der Waals surface area contributed by atoms with Crippen LogP contribution in [0.2, 0.25) is 0 Å². The predicted octanol–water partition coefficient (Wildman–Crippen LogP) is 3.22. The Hall–Kier alpha value is -1.69. The van der Waals surface area contributed by atoms with E-state index in [9.17, 15) is 13.6 Å². The highest BCUT2D eigenvalue weighted by Gasteiger charge is 2.20. The number of aryl methyl sites for hydroxylation is 1. The van der Waals surface area contributed by atoms with Crippen molar-refractivity contribution < 1.29 is 18.3 Å². The van der Waals surface area contributed by atoms with E-state index < -0.39 is 17.6 Å². The molecule has 0 aliphatic rings. The van der Waals surface area contributed by atoms with E-state index in [0.29, 0.717) is 17.7 Å². The lowest BCUT2D eigenvalue weighted by Gasteiger charge is -2.14. The van der Waals surface area contributed by atoms with Gasteiger partial charge in [0.1, 0.15) is 5.75 Å². The zero-order chi connectivity index (χ0) is 14.9. The number of nitrogens with zero attached hydrogens (tertiary/aromatic N) is 1. The van der Waals surface area contributed by atoms with Crippen molar-refractivity contribution >= 4 is 29.5 Å². The lowest BCUT2D eigenvalue weighted by molar-refractivity contribution is -0.131. The summed E-state index contributed by atoms with van der Waals surface area (Å²) in [5.74, 6) is -2.84. The predicted molar refractivity (Wildman–Crippen MR) is 75.3 cm³/mol. The van der Waals surface area contributed by atoms with Crippen LogP contribution in [0.3, 0.4) is 0 Å². The van der Waals surface area contributed by atoms with E-state index in [1.54, 1.807) is 6.92 Å². The van der Waals surface area contributed by atoms with E-state index >= 15 is 0 Å². The molecule has 2 rings (SSSR count). The van der Waals surface area contributed by atoms with Gasteiger partial charge in [-0.1, -0.05) is 6.92 Å². The molecule has 0 N–H and O–H groups in total. The second-order valence-corrected chi connectivity index (χ2v) is 4.57. The minimum absolute atomic E-state index is 0.0166. The number of aromatic nitrogens is 1. The number of halogens is 2. The van der Waals surface area contributed by atoms with Gasteiger partial charge in [-0.15, -0.1) is 0 Å². The standard InChI is InChI=1S/C14H13F2NO2S/c1-3-9-7(2)14(19-11(18)6-20)12-10(17-9)5-4-8(15)13(12)16/h4-5,20H,3,6H2,1-2H3. The Balaban J connectivity index is 2.81. The summed E-state index contributed by atoms with van der Waals surface area (Å²) in [5, 5.41) is -0.116. The molecule has 0 fully saturated rings. The van der Waals surface area contributed by atoms with Crippen molar-refractivity contribution in [1.29, 1.82) is 0 Å². The number of pyridine rings is 1. The maximum Gasteiger partial charge on any atom is 0.321 e. The Morgan fingerprint density at radius 2 is 2.10 bits per heavy atom. The number of thiol groups is 1. The Labute approximate surface area is 120 Å². The van der Waals surface area contributed by atoms with Crippen molar-refractivity contribution in [3.8, 4) is 5.75 Å². The molecule has 0 aliphatic carbocycles. The smallest absolute Gasteiger partial charge is 0.321 e. The molecule has 0 saturated carbocycles. The van der Waals surface area contributed by atoms with Crippen molar-refractivity contribution in [3.63, 3.8) is 0 Å². The first kappa shape index (κ1) is 14.7. The number of esters is 1. The monoisotopic (exact) mass is 297 g/mol. The summed E-state index contributed by atoms with van der Waals surface area (Å²) in [7, 11) is 0. The van der Waals surface area contributed by atoms with Gasteiger partial charge in [-0.05, 0) is 25.5 Å². The topological polar surface area (TPSA) is 39.2 Å². The van der Waals surface area contributed by atoms with E-state index in [4.69, 9.17) is 4.74 Å². The van der Waals surface area contributed by atoms with E-state index in [-0.39, 0.29) is 22.4 Å². The highest BCUT2D eigenvalue weighted by molar-refractivity contribution is 7.81. The SMILES string of the molecule is CCc1nc2ccc(F)c(F)c2c(OC(=O)CS)c1C. The van der Waals surface area contributed by atoms with E-state index in [2.05, 4.69) is 17.6 Å². The van der Waals surface area contributed by atoms with Gasteiger partial charge in [-0.3, -0.25) is 9.78 Å². The van der Waals surface area contributed by atoms with Crippen LogP contribution < -0.4 is 4.74 Å². The number of hydrogen-bond donors (Lipinski definition) is 1. The highest BCUT2D eigenvalue weighted by Crippen LogP contribution is 2.33. The van der Waals surface area contributed by atoms with Crippen molar-refractivity contribution in [2.24, 2.45) is 0 Å². The number of fused-ring (bicyclic) bond motifs is 1. The molecule has 106 valence electrons. The number of ether oxygens (including phenoxy) is 1. The molecule has 0 atom stereocenters. The van der Waals surface area contributed by atoms with Crippen LogP contribution in [0.5, 0.6) is 5.75 Å². The van der Waals surface area contributed by atoms with Crippen LogP contribution in [0.25, 0.3) is 10.9 Å². The molecule has 0 spiro atoms. The quantitative estimate of drug-likeness (QED) is 0.698. The summed E-state index contributed by atoms with van der Waals surface area (Å²) < 4.78 is 32.5. The number of carbonyl (C=O) groups excluding carboxylic acids is 1. The lowest BCUT2D eigenvalue weighted by Crippen LogP contribution is -2.12. The summed E-state index contributed by atoms with van der Waals surface area (Å²) >= 11 is 3.81. The van der Waals surface area contributed by atoms with Crippen LogP contribution in [-0.2, 0) is 11.2 Å². The Kier molecular flexibility index (Phi) is 4.23. The summed E-state index contributed by atoms with van der Waals surface area (Å²) in [4.78, 5) is 15.7. The molecule has 0 saturated heterocycles. The summed E-state index contributed by atoms with van der Waals surface area (Å²) in [5.41, 5.74) is 1.46. The fraction of sp³-hybridized carbons (Fsp3) is 0.286. The Morgan fingerprint density at radius 1 is 1.40 bits per heavy atom. The van der Waals surface area contributed by atoms with Crippen LogP contribution in [0.1, 0.15) is 18.2 Å². The van der Waals surface area contributed by atoms with Gasteiger partial charge in [-0.2, -0.15) is 12.6 Å². The van der Waals surface area contributed by atoms with Crippen molar-refractivity contribution in [2.75, 3.05) is 5.75 Å². The summed E-state index contributed by atoms with van der Waals surface area (Å²) in [6.45, 7) is 3.54. The first-order chi connectivity index (χ1) is 9.49. The summed E-state index contributed by atoms with van der Waals surface area (Å²) in [6, 6.07) is 2.37. The third-order valence-corrected chi connectivity index (χ3v) is 3.27. The molecule has 0 bridgehead atoms. The van der Waals surface area contributed by atoms with E-state index in [1.165, 1.54) is 6.07 Å². The third-order valence-electron chi connectivity index (χ3n) is 3.01. The fourth-order valence-corrected chi connectivity index (χ4v) is 2.08. The van der Waals surface area contributed by atoms with Crippen LogP contribution in [0.15, 0.2) is 12.1 Å². The zero-order valence-corrected chi connectivity index (χ0v) is 11.9. The molecule has 1 aromatic carbocycles. The van der Waals surface area contributed by atoms with E-state index in [1.807, 2.05) is 6.92 Å². The molecule has 2 aromatic rings. The van der Waals surface area contributed by atoms with Crippen molar-refractivity contribution in [2.45, 2.75) is 20.3 Å². The highest BCUT2D eigenvalue weighted by atomic mass is 32.1. The van der Waals surface area contributed by atoms with E-state index in [0.717, 1.165) is 6.07 Å². The van der Waals surface area contributed by atoms with Gasteiger partial charge in [0, 0.05) is 11.3 Å². The van der Waals surface area contributed by atoms with Gasteiger partial charge in [0.15, 0.2) is 11.6 Å². The van der Waals surface area contributed by atoms with Gasteiger partial charge in [0.25, 0.3) is 0 Å². The minimum atomic E-state index is -1.07. The second-order valence-electron chi connectivity index (χ2n) is 4.25. The zero-order valence-electron chi connectivity index (χ0n) is 11.0. The molecule has 6 heteroatoms. The normalized spacial score (nSPS) is 10.8. The van der Waals surface area contributed by atoms with Gasteiger partial charge in [0.05, 0.1) is 16.7 Å². The first-order valence-electron chi connectivity index (χ1n) is 6.08. The average Bonchev–Trinajstić information content (AvgIpc) is 2.45. The van der Waals surface area contributed by atoms with Gasteiger partial charge < -0.3 is 4.74 Å². The third kappa shape index (κ3) is 2.47. The molecular weight excluding hydrogens is 284 g/mol. The molecule has 0 aliphatic heterocycles. The van der Waals surface area contributed by atoms with Crippen LogP contribution in [0, 0.1) is 18.6 Å². The molecule has 1 heterocycles. The molecule has 0 unspecified atom stereocenters. The van der Waals surface area contributed by atoms with Gasteiger partial charge >= 0.3 is 5.97 Å². The molecule has 20 heavy (non-hydrogen) atoms. The van der Waals surface area contributed by atoms with Crippen LogP contribution >= 0.6 is 12.6 Å². The van der Waals surface area contributed by atoms with Crippen LogP contribution in [0.4, 0.5) is 8.78 Å². The largest absolute Gasteiger partial charge is 0.425 e. The van der Waals surface area contributed by atoms with Gasteiger partial charge in [-0.25, -0.2) is 8.78 Å². The molecule has 1 aromatic heterocycles. The number of carbonyl (C=O) groups is 1. The Morgan fingerprint density at radius 3 is 2.70 bits per heavy atom. The maximum absolute atomic E-state index is 14.0. The van der Waals surface area contributed by atoms with Crippen molar-refractivity contribution in [1.82, 2.24) is 4.98 Å². The van der Waals surface area contributed by atoms with Crippen molar-refractivity contribution in [3.05, 3.63) is 35.0 Å². The maximum atomic E-state index is 14.0. The first-order valence-corrected chi connectivity index (χ1v) is 6.71. The molecular formula is C14H13F2NO2S. The minimum Gasteiger partial charge on any atom is -0.425 e. The summed E-state index contributed by atoms with van der Waals surface area (Å²) in [6.07, 6.45) is 0.589. The number of benzene rings is 1. The molecule has 0 amide bonds. The Bertz CT molecular complexity index is 689.